The average Bonchev–Trinajstić information content (AvgIpc) is 2.87. The maximum atomic E-state index is 4.93. The summed E-state index contributed by atoms with van der Waals surface area (Å²) in [5.74, 6) is 6.94. The van der Waals surface area contributed by atoms with Crippen LogP contribution in [0.1, 0.15) is 0 Å². The van der Waals surface area contributed by atoms with E-state index >= 15 is 0 Å². The zero-order valence-corrected chi connectivity index (χ0v) is 19.5. The predicted molar refractivity (Wildman–Crippen MR) is 133 cm³/mol. The molecule has 0 saturated carbocycles. The fraction of sp³-hybridized carbons (Fsp3) is 0.200. The summed E-state index contributed by atoms with van der Waals surface area (Å²) in [4.78, 5) is 22.9. The van der Waals surface area contributed by atoms with Gasteiger partial charge in [0.05, 0.1) is 21.1 Å². The van der Waals surface area contributed by atoms with Crippen molar-refractivity contribution in [3.63, 3.8) is 0 Å². The minimum atomic E-state index is 0.805. The molecule has 0 atom stereocenters. The third kappa shape index (κ3) is 3.59. The van der Waals surface area contributed by atoms with Gasteiger partial charge in [0.1, 0.15) is 23.3 Å². The van der Waals surface area contributed by atoms with Gasteiger partial charge in [-0.05, 0) is 42.5 Å². The van der Waals surface area contributed by atoms with Gasteiger partial charge in [0, 0.05) is 26.2 Å². The normalized spacial score (nSPS) is 13.4. The summed E-state index contributed by atoms with van der Waals surface area (Å²) in [7, 11) is 10.1. The molecule has 8 nitrogen and oxygen atoms in total. The Bertz CT molecular complexity index is 1230. The summed E-state index contributed by atoms with van der Waals surface area (Å²) in [6, 6.07) is 24.3. The lowest BCUT2D eigenvalue weighted by Crippen LogP contribution is -2.40. The van der Waals surface area contributed by atoms with Crippen molar-refractivity contribution in [2.45, 2.75) is 0 Å². The first-order valence-corrected chi connectivity index (χ1v) is 10.8. The maximum Gasteiger partial charge on any atom is 0.229 e. The molecule has 1 aliphatic heterocycles. The van der Waals surface area contributed by atoms with Gasteiger partial charge < -0.3 is 9.80 Å². The van der Waals surface area contributed by atoms with Crippen LogP contribution in [0.25, 0.3) is 0 Å². The Hall–Kier alpha value is -4.20. The number of hydrogen-bond donors (Lipinski definition) is 0. The summed E-state index contributed by atoms with van der Waals surface area (Å²) < 4.78 is 2.14. The molecule has 33 heavy (non-hydrogen) atoms. The molecule has 0 fully saturated rings. The Morgan fingerprint density at radius 1 is 0.455 bits per heavy atom. The molecule has 0 spiro atoms. The van der Waals surface area contributed by atoms with E-state index in [-0.39, 0.29) is 0 Å². The number of fused-ring (bicyclic) bond motifs is 8. The fourth-order valence-corrected chi connectivity index (χ4v) is 4.06. The summed E-state index contributed by atoms with van der Waals surface area (Å²) in [6.07, 6.45) is 0. The largest absolute Gasteiger partial charge is 0.314 e. The van der Waals surface area contributed by atoms with Gasteiger partial charge in [0.2, 0.25) is 11.6 Å². The quantitative estimate of drug-likeness (QED) is 0.383. The number of rotatable bonds is 0. The number of pyridine rings is 4. The van der Waals surface area contributed by atoms with Crippen LogP contribution in [0.4, 0.5) is 46.5 Å². The van der Waals surface area contributed by atoms with Gasteiger partial charge in [-0.1, -0.05) is 18.2 Å². The zero-order valence-electron chi connectivity index (χ0n) is 19.5. The Kier molecular flexibility index (Phi) is 5.05. The molecule has 0 N–H and O–H groups in total. The van der Waals surface area contributed by atoms with E-state index in [2.05, 4.69) is 39.6 Å². The Morgan fingerprint density at radius 2 is 0.727 bits per heavy atom. The molecule has 5 rings (SSSR count). The first kappa shape index (κ1) is 20.7. The lowest BCUT2D eigenvalue weighted by molar-refractivity contribution is -0.645. The third-order valence-electron chi connectivity index (χ3n) is 6.09. The van der Waals surface area contributed by atoms with Crippen LogP contribution in [-0.2, 0) is 7.05 Å². The second-order valence-corrected chi connectivity index (χ2v) is 8.10. The molecule has 0 saturated heterocycles. The molecule has 0 unspecified atom stereocenters. The van der Waals surface area contributed by atoms with E-state index in [1.165, 1.54) is 0 Å². The molecule has 1 aliphatic rings. The molecular formula is C25H27N8+. The van der Waals surface area contributed by atoms with E-state index in [1.807, 2.05) is 92.6 Å². The number of aromatic nitrogens is 4. The van der Waals surface area contributed by atoms with E-state index in [4.69, 9.17) is 15.0 Å². The number of hydrogen-bond acceptors (Lipinski definition) is 7. The lowest BCUT2D eigenvalue weighted by Gasteiger charge is -2.25. The van der Waals surface area contributed by atoms with Crippen molar-refractivity contribution >= 4 is 46.5 Å². The van der Waals surface area contributed by atoms with E-state index in [0.29, 0.717) is 0 Å². The molecular weight excluding hydrogens is 412 g/mol. The Morgan fingerprint density at radius 3 is 1.06 bits per heavy atom. The molecule has 0 aliphatic carbocycles. The van der Waals surface area contributed by atoms with Crippen molar-refractivity contribution in [1.29, 1.82) is 0 Å². The first-order valence-electron chi connectivity index (χ1n) is 10.8. The van der Waals surface area contributed by atoms with Crippen LogP contribution in [0.3, 0.4) is 0 Å². The standard InChI is InChI=1S/C25H27N8/c1-29-18-10-6-11-19(26-18)30(2)21-13-8-15-23(28-21)32(4)25-17-9-16-24(33(25)5)31(3)22-14-7-12-20(29)27-22/h6-17H,1-5H3/q+1. The van der Waals surface area contributed by atoms with Crippen LogP contribution in [-0.4, -0.2) is 43.1 Å². The van der Waals surface area contributed by atoms with E-state index in [0.717, 1.165) is 46.5 Å². The van der Waals surface area contributed by atoms with E-state index in [1.54, 1.807) is 0 Å². The van der Waals surface area contributed by atoms with Gasteiger partial charge in [-0.15, -0.1) is 0 Å². The van der Waals surface area contributed by atoms with Crippen LogP contribution in [0.15, 0.2) is 72.8 Å². The average molecular weight is 440 g/mol. The molecule has 0 amide bonds. The molecule has 5 heterocycles. The van der Waals surface area contributed by atoms with Crippen LogP contribution in [0.5, 0.6) is 0 Å². The zero-order chi connectivity index (χ0) is 23.1. The van der Waals surface area contributed by atoms with Crippen LogP contribution in [0, 0.1) is 0 Å². The Labute approximate surface area is 194 Å². The molecule has 8 bridgehead atoms. The van der Waals surface area contributed by atoms with Gasteiger partial charge in [-0.3, -0.25) is 0 Å². The van der Waals surface area contributed by atoms with Crippen molar-refractivity contribution in [2.24, 2.45) is 7.05 Å². The minimum Gasteiger partial charge on any atom is -0.314 e. The lowest BCUT2D eigenvalue weighted by atomic mass is 10.3. The smallest absolute Gasteiger partial charge is 0.229 e. The van der Waals surface area contributed by atoms with Crippen LogP contribution >= 0.6 is 0 Å². The molecule has 0 radical (unpaired) electrons. The maximum absolute atomic E-state index is 4.93. The highest BCUT2D eigenvalue weighted by Crippen LogP contribution is 2.30. The third-order valence-corrected chi connectivity index (χ3v) is 6.09. The van der Waals surface area contributed by atoms with Crippen LogP contribution < -0.4 is 24.2 Å². The number of nitrogens with zero attached hydrogens (tertiary/aromatic N) is 8. The van der Waals surface area contributed by atoms with Crippen molar-refractivity contribution in [3.8, 4) is 0 Å². The summed E-state index contributed by atoms with van der Waals surface area (Å²) in [5.41, 5.74) is 0. The summed E-state index contributed by atoms with van der Waals surface area (Å²) >= 11 is 0. The molecule has 0 aromatic carbocycles. The molecule has 4 aromatic heterocycles. The second-order valence-electron chi connectivity index (χ2n) is 8.10. The highest BCUT2D eigenvalue weighted by molar-refractivity contribution is 5.66. The van der Waals surface area contributed by atoms with Gasteiger partial charge in [0.25, 0.3) is 0 Å². The SMILES string of the molecule is CN1c2cccc(n2)N(C)c2cccc(n2)N(C)c2cccc([n+]2C)N(C)c2cccc1n2. The van der Waals surface area contributed by atoms with Crippen LogP contribution in [0.2, 0.25) is 0 Å². The van der Waals surface area contributed by atoms with Gasteiger partial charge >= 0.3 is 0 Å². The molecule has 8 heteroatoms. The summed E-state index contributed by atoms with van der Waals surface area (Å²) in [5, 5.41) is 0. The van der Waals surface area contributed by atoms with Crippen molar-refractivity contribution in [3.05, 3.63) is 72.8 Å². The first-order chi connectivity index (χ1) is 15.9. The fourth-order valence-electron chi connectivity index (χ4n) is 4.06. The van der Waals surface area contributed by atoms with Crippen molar-refractivity contribution in [2.75, 3.05) is 47.8 Å². The van der Waals surface area contributed by atoms with E-state index < -0.39 is 0 Å². The van der Waals surface area contributed by atoms with Crippen molar-refractivity contribution in [1.82, 2.24) is 15.0 Å². The molecule has 4 aromatic rings. The number of anilines is 8. The summed E-state index contributed by atoms with van der Waals surface area (Å²) in [6.45, 7) is 0. The van der Waals surface area contributed by atoms with Gasteiger partial charge in [-0.2, -0.15) is 9.97 Å². The molecule has 166 valence electrons. The van der Waals surface area contributed by atoms with Crippen molar-refractivity contribution < 1.29 is 4.57 Å². The Balaban J connectivity index is 1.75. The van der Waals surface area contributed by atoms with E-state index in [9.17, 15) is 0 Å². The topological polar surface area (TPSA) is 55.5 Å². The minimum absolute atomic E-state index is 0.805. The highest BCUT2D eigenvalue weighted by atomic mass is 15.3. The monoisotopic (exact) mass is 439 g/mol. The second kappa shape index (κ2) is 8.05. The predicted octanol–water partition coefficient (Wildman–Crippen LogP) is 4.08. The van der Waals surface area contributed by atoms with Gasteiger partial charge in [0.15, 0.2) is 11.6 Å². The highest BCUT2D eigenvalue weighted by Gasteiger charge is 2.23. The van der Waals surface area contributed by atoms with Gasteiger partial charge in [-0.25, -0.2) is 19.4 Å².